The lowest BCUT2D eigenvalue weighted by atomic mass is 9.92. The highest BCUT2D eigenvalue weighted by Gasteiger charge is 2.06. The van der Waals surface area contributed by atoms with Crippen molar-refractivity contribution < 1.29 is 4.74 Å². The first kappa shape index (κ1) is 12.0. The summed E-state index contributed by atoms with van der Waals surface area (Å²) in [5, 5.41) is 0. The van der Waals surface area contributed by atoms with Gasteiger partial charge >= 0.3 is 0 Å². The molecule has 0 unspecified atom stereocenters. The summed E-state index contributed by atoms with van der Waals surface area (Å²) in [4.78, 5) is 0. The van der Waals surface area contributed by atoms with Crippen LogP contribution in [-0.2, 0) is 4.74 Å². The van der Waals surface area contributed by atoms with Crippen molar-refractivity contribution in [1.82, 2.24) is 0 Å². The van der Waals surface area contributed by atoms with Gasteiger partial charge in [-0.3, -0.25) is 0 Å². The van der Waals surface area contributed by atoms with Crippen molar-refractivity contribution in [3.05, 3.63) is 36.6 Å². The van der Waals surface area contributed by atoms with Gasteiger partial charge in [0.25, 0.3) is 0 Å². The summed E-state index contributed by atoms with van der Waals surface area (Å²) in [5.74, 6) is 0.847. The normalized spacial score (nSPS) is 13.4. The Balaban J connectivity index is 4.09. The van der Waals surface area contributed by atoms with Gasteiger partial charge in [-0.2, -0.15) is 0 Å². The number of allylic oxidation sites excluding steroid dienone is 4. The van der Waals surface area contributed by atoms with E-state index in [0.717, 1.165) is 12.2 Å². The van der Waals surface area contributed by atoms with Gasteiger partial charge in [-0.05, 0) is 24.0 Å². The molecule has 0 N–H and O–H groups in total. The van der Waals surface area contributed by atoms with E-state index in [9.17, 15) is 0 Å². The second kappa shape index (κ2) is 5.63. The Labute approximate surface area is 81.8 Å². The van der Waals surface area contributed by atoms with Crippen LogP contribution in [0.5, 0.6) is 0 Å². The Bertz CT molecular complexity index is 204. The second-order valence-corrected chi connectivity index (χ2v) is 4.18. The monoisotopic (exact) mass is 180 g/mol. The molecule has 0 fully saturated rings. The molecule has 0 spiro atoms. The minimum absolute atomic E-state index is 0.337. The zero-order valence-corrected chi connectivity index (χ0v) is 9.13. The molecule has 13 heavy (non-hydrogen) atoms. The second-order valence-electron chi connectivity index (χ2n) is 4.18. The maximum Gasteiger partial charge on any atom is 0.118 e. The van der Waals surface area contributed by atoms with Crippen LogP contribution in [0.4, 0.5) is 0 Å². The van der Waals surface area contributed by atoms with Gasteiger partial charge in [-0.15, -0.1) is 0 Å². The van der Waals surface area contributed by atoms with Gasteiger partial charge in [0.2, 0.25) is 0 Å². The van der Waals surface area contributed by atoms with Crippen molar-refractivity contribution in [1.29, 1.82) is 0 Å². The smallest absolute Gasteiger partial charge is 0.118 e. The van der Waals surface area contributed by atoms with Gasteiger partial charge < -0.3 is 4.74 Å². The molecule has 74 valence electrons. The molecule has 0 aromatic carbocycles. The van der Waals surface area contributed by atoms with Gasteiger partial charge in [0, 0.05) is 0 Å². The van der Waals surface area contributed by atoms with Crippen LogP contribution >= 0.6 is 0 Å². The van der Waals surface area contributed by atoms with Crippen molar-refractivity contribution in [3.8, 4) is 0 Å². The molecule has 0 aromatic rings. The lowest BCUT2D eigenvalue weighted by molar-refractivity contribution is 0.306. The van der Waals surface area contributed by atoms with Gasteiger partial charge in [0.05, 0.1) is 7.11 Å². The molecule has 1 heteroatoms. The molecule has 0 aliphatic heterocycles. The number of rotatable bonds is 4. The highest BCUT2D eigenvalue weighted by molar-refractivity contribution is 5.17. The zero-order chi connectivity index (χ0) is 10.3. The Hall–Kier alpha value is -0.980. The predicted molar refractivity (Wildman–Crippen MR) is 58.5 cm³/mol. The summed E-state index contributed by atoms with van der Waals surface area (Å²) in [7, 11) is 1.66. The van der Waals surface area contributed by atoms with E-state index in [4.69, 9.17) is 4.74 Å². The fourth-order valence-corrected chi connectivity index (χ4v) is 0.836. The van der Waals surface area contributed by atoms with Crippen molar-refractivity contribution in [3.63, 3.8) is 0 Å². The molecule has 0 radical (unpaired) electrons. The Morgan fingerprint density at radius 1 is 1.38 bits per heavy atom. The maximum absolute atomic E-state index is 5.11. The maximum atomic E-state index is 5.11. The van der Waals surface area contributed by atoms with E-state index >= 15 is 0 Å². The molecule has 0 atom stereocenters. The van der Waals surface area contributed by atoms with Crippen LogP contribution in [0.2, 0.25) is 0 Å². The average Bonchev–Trinajstić information content (AvgIpc) is 2.01. The van der Waals surface area contributed by atoms with E-state index < -0.39 is 0 Å². The van der Waals surface area contributed by atoms with E-state index in [1.54, 1.807) is 13.2 Å². The lowest BCUT2D eigenvalue weighted by Crippen LogP contribution is -2.01. The zero-order valence-electron chi connectivity index (χ0n) is 9.13. The van der Waals surface area contributed by atoms with E-state index in [1.807, 2.05) is 12.2 Å². The molecule has 0 amide bonds. The summed E-state index contributed by atoms with van der Waals surface area (Å²) >= 11 is 0. The van der Waals surface area contributed by atoms with E-state index in [-0.39, 0.29) is 0 Å². The van der Waals surface area contributed by atoms with Crippen molar-refractivity contribution in [2.75, 3.05) is 7.11 Å². The first-order valence-corrected chi connectivity index (χ1v) is 4.53. The Morgan fingerprint density at radius 3 is 2.38 bits per heavy atom. The van der Waals surface area contributed by atoms with E-state index in [0.29, 0.717) is 5.41 Å². The molecule has 0 rings (SSSR count). The van der Waals surface area contributed by atoms with Crippen molar-refractivity contribution in [2.45, 2.75) is 27.2 Å². The minimum Gasteiger partial charge on any atom is -0.497 e. The molecule has 1 nitrogen and oxygen atoms in total. The van der Waals surface area contributed by atoms with Gasteiger partial charge in [-0.25, -0.2) is 0 Å². The van der Waals surface area contributed by atoms with Crippen LogP contribution in [0.25, 0.3) is 0 Å². The number of methoxy groups -OCH3 is 1. The summed E-state index contributed by atoms with van der Waals surface area (Å²) in [5.41, 5.74) is 0.337. The lowest BCUT2D eigenvalue weighted by Gasteiger charge is -2.14. The molecule has 0 saturated heterocycles. The molecule has 0 aliphatic carbocycles. The highest BCUT2D eigenvalue weighted by Crippen LogP contribution is 2.19. The van der Waals surface area contributed by atoms with E-state index in [1.165, 1.54) is 0 Å². The Kier molecular flexibility index (Phi) is 5.20. The van der Waals surface area contributed by atoms with Gasteiger partial charge in [-0.1, -0.05) is 39.5 Å². The molecule has 0 bridgehead atoms. The highest BCUT2D eigenvalue weighted by atomic mass is 16.5. The van der Waals surface area contributed by atoms with Gasteiger partial charge in [0.1, 0.15) is 5.76 Å². The van der Waals surface area contributed by atoms with E-state index in [2.05, 4.69) is 33.4 Å². The fraction of sp³-hybridized carbons (Fsp3) is 0.500. The summed E-state index contributed by atoms with van der Waals surface area (Å²) in [6.45, 7) is 10.2. The summed E-state index contributed by atoms with van der Waals surface area (Å²) in [6.07, 6.45) is 8.72. The first-order chi connectivity index (χ1) is 5.99. The molecule has 0 heterocycles. The average molecular weight is 180 g/mol. The van der Waals surface area contributed by atoms with Crippen LogP contribution in [-0.4, -0.2) is 7.11 Å². The topological polar surface area (TPSA) is 9.23 Å². The molecule has 0 aromatic heterocycles. The van der Waals surface area contributed by atoms with Crippen LogP contribution in [0.3, 0.4) is 0 Å². The standard InChI is InChI=1S/C12H20O/c1-6-8-11(13-5)9-7-10-12(2,3)4/h6-9H,1,10H2,2-5H3/b9-7-,11-8+. The summed E-state index contributed by atoms with van der Waals surface area (Å²) < 4.78 is 5.11. The number of ether oxygens (including phenoxy) is 1. The van der Waals surface area contributed by atoms with Crippen LogP contribution in [0.1, 0.15) is 27.2 Å². The Morgan fingerprint density at radius 2 is 2.00 bits per heavy atom. The number of hydrogen-bond donors (Lipinski definition) is 0. The predicted octanol–water partition coefficient (Wildman–Crippen LogP) is 3.70. The quantitative estimate of drug-likeness (QED) is 0.473. The van der Waals surface area contributed by atoms with Crippen molar-refractivity contribution in [2.24, 2.45) is 5.41 Å². The largest absolute Gasteiger partial charge is 0.497 e. The van der Waals surface area contributed by atoms with Crippen LogP contribution < -0.4 is 0 Å². The molecule has 0 saturated carbocycles. The molecular formula is C12H20O. The third-order valence-corrected chi connectivity index (χ3v) is 1.53. The SMILES string of the molecule is C=C/C=C(\C=C/CC(C)(C)C)OC. The molecule has 0 aliphatic rings. The van der Waals surface area contributed by atoms with Gasteiger partial charge in [0.15, 0.2) is 0 Å². The molecular weight excluding hydrogens is 160 g/mol. The van der Waals surface area contributed by atoms with Crippen molar-refractivity contribution >= 4 is 0 Å². The van der Waals surface area contributed by atoms with Crippen LogP contribution in [0.15, 0.2) is 36.6 Å². The first-order valence-electron chi connectivity index (χ1n) is 4.53. The third kappa shape index (κ3) is 7.38. The minimum atomic E-state index is 0.337. The third-order valence-electron chi connectivity index (χ3n) is 1.53. The summed E-state index contributed by atoms with van der Waals surface area (Å²) in [6, 6.07) is 0. The fourth-order valence-electron chi connectivity index (χ4n) is 0.836. The van der Waals surface area contributed by atoms with Crippen LogP contribution in [0, 0.1) is 5.41 Å². The number of hydrogen-bond acceptors (Lipinski definition) is 1.